The van der Waals surface area contributed by atoms with Gasteiger partial charge < -0.3 is 20.4 Å². The number of carbonyl (C=O) groups is 3. The SMILES string of the molecule is C[C@@H](O)[C@H]1C(=O)N2C(C(=O)O)=C3[C@H](CSc4nc5cc(NC(=O)c6ccncc6)ccc5s4)CCC[C@@H]3[C@H]12. The Morgan fingerprint density at radius 3 is 2.76 bits per heavy atom. The van der Waals surface area contributed by atoms with Crippen LogP contribution >= 0.6 is 23.1 Å². The minimum atomic E-state index is -1.07. The first-order valence-electron chi connectivity index (χ1n) is 12.6. The van der Waals surface area contributed by atoms with Crippen molar-refractivity contribution in [3.05, 3.63) is 59.6 Å². The lowest BCUT2D eigenvalue weighted by molar-refractivity contribution is -0.163. The third-order valence-corrected chi connectivity index (χ3v) is 10.1. The van der Waals surface area contributed by atoms with Crippen LogP contribution in [0.25, 0.3) is 10.2 Å². The Labute approximate surface area is 227 Å². The summed E-state index contributed by atoms with van der Waals surface area (Å²) in [6.45, 7) is 1.61. The second-order valence-electron chi connectivity index (χ2n) is 9.97. The molecule has 2 amide bonds. The number of thiazole rings is 1. The molecule has 196 valence electrons. The predicted octanol–water partition coefficient (Wildman–Crippen LogP) is 4.01. The zero-order chi connectivity index (χ0) is 26.6. The number of rotatable bonds is 7. The molecule has 38 heavy (non-hydrogen) atoms. The molecular formula is C27H26N4O5S2. The van der Waals surface area contributed by atoms with Crippen molar-refractivity contribution in [2.24, 2.45) is 17.8 Å². The van der Waals surface area contributed by atoms with E-state index in [1.165, 1.54) is 4.90 Å². The van der Waals surface area contributed by atoms with Crippen molar-refractivity contribution in [1.29, 1.82) is 0 Å². The Morgan fingerprint density at radius 1 is 1.24 bits per heavy atom. The summed E-state index contributed by atoms with van der Waals surface area (Å²) in [6.07, 6.45) is 5.00. The van der Waals surface area contributed by atoms with Crippen molar-refractivity contribution in [2.75, 3.05) is 11.1 Å². The summed E-state index contributed by atoms with van der Waals surface area (Å²) in [7, 11) is 0. The van der Waals surface area contributed by atoms with Crippen LogP contribution in [0.3, 0.4) is 0 Å². The highest BCUT2D eigenvalue weighted by atomic mass is 32.2. The van der Waals surface area contributed by atoms with Crippen molar-refractivity contribution in [3.8, 4) is 0 Å². The molecule has 9 nitrogen and oxygen atoms in total. The van der Waals surface area contributed by atoms with Crippen molar-refractivity contribution in [3.63, 3.8) is 0 Å². The van der Waals surface area contributed by atoms with E-state index in [-0.39, 0.29) is 35.4 Å². The minimum absolute atomic E-state index is 0.0142. The molecule has 2 fully saturated rings. The van der Waals surface area contributed by atoms with E-state index in [4.69, 9.17) is 4.98 Å². The van der Waals surface area contributed by atoms with E-state index in [1.807, 2.05) is 18.2 Å². The average Bonchev–Trinajstić information content (AvgIpc) is 3.44. The first-order chi connectivity index (χ1) is 18.3. The highest BCUT2D eigenvalue weighted by Gasteiger charge is 2.62. The lowest BCUT2D eigenvalue weighted by atomic mass is 9.70. The van der Waals surface area contributed by atoms with Gasteiger partial charge in [0.05, 0.1) is 28.3 Å². The molecule has 6 rings (SSSR count). The summed E-state index contributed by atoms with van der Waals surface area (Å²) in [5.74, 6) is -1.42. The van der Waals surface area contributed by atoms with Gasteiger partial charge >= 0.3 is 5.97 Å². The quantitative estimate of drug-likeness (QED) is 0.297. The number of nitrogens with zero attached hydrogens (tertiary/aromatic N) is 3. The van der Waals surface area contributed by atoms with E-state index in [9.17, 15) is 24.6 Å². The third kappa shape index (κ3) is 4.18. The van der Waals surface area contributed by atoms with Crippen LogP contribution in [0.1, 0.15) is 36.5 Å². The number of hydrogen-bond donors (Lipinski definition) is 3. The number of carbonyl (C=O) groups excluding carboxylic acids is 2. The number of aliphatic hydroxyl groups excluding tert-OH is 1. The molecule has 3 N–H and O–H groups in total. The number of carboxylic acid groups (broad SMARTS) is 1. The molecular weight excluding hydrogens is 524 g/mol. The normalized spacial score (nSPS) is 25.1. The van der Waals surface area contributed by atoms with Gasteiger partial charge in [0.15, 0.2) is 4.34 Å². The van der Waals surface area contributed by atoms with Crippen LogP contribution < -0.4 is 5.32 Å². The van der Waals surface area contributed by atoms with Gasteiger partial charge in [-0.05, 0) is 61.6 Å². The molecule has 5 atom stereocenters. The fourth-order valence-electron chi connectivity index (χ4n) is 6.10. The number of aromatic nitrogens is 2. The molecule has 2 aliphatic heterocycles. The van der Waals surface area contributed by atoms with Crippen LogP contribution in [0.4, 0.5) is 5.69 Å². The smallest absolute Gasteiger partial charge is 0.352 e. The van der Waals surface area contributed by atoms with Gasteiger partial charge in [-0.15, -0.1) is 11.3 Å². The van der Waals surface area contributed by atoms with Crippen molar-refractivity contribution >= 4 is 56.8 Å². The van der Waals surface area contributed by atoms with Gasteiger partial charge in [-0.1, -0.05) is 18.2 Å². The summed E-state index contributed by atoms with van der Waals surface area (Å²) in [6, 6.07) is 8.69. The Bertz CT molecular complexity index is 1470. The fraction of sp³-hybridized carbons (Fsp3) is 0.370. The summed E-state index contributed by atoms with van der Waals surface area (Å²) in [4.78, 5) is 47.6. The molecule has 3 aromatic rings. The molecule has 4 heterocycles. The van der Waals surface area contributed by atoms with Gasteiger partial charge in [0.2, 0.25) is 5.91 Å². The Morgan fingerprint density at radius 2 is 2.03 bits per heavy atom. The van der Waals surface area contributed by atoms with Gasteiger partial charge in [0.1, 0.15) is 5.70 Å². The van der Waals surface area contributed by atoms with Gasteiger partial charge in [-0.2, -0.15) is 0 Å². The molecule has 1 saturated carbocycles. The molecule has 1 saturated heterocycles. The van der Waals surface area contributed by atoms with E-state index in [2.05, 4.69) is 10.3 Å². The zero-order valence-electron chi connectivity index (χ0n) is 20.5. The van der Waals surface area contributed by atoms with E-state index in [0.29, 0.717) is 17.0 Å². The van der Waals surface area contributed by atoms with E-state index < -0.39 is 18.0 Å². The molecule has 3 aliphatic rings. The molecule has 1 aliphatic carbocycles. The van der Waals surface area contributed by atoms with Crippen LogP contribution in [0, 0.1) is 17.8 Å². The predicted molar refractivity (Wildman–Crippen MR) is 144 cm³/mol. The largest absolute Gasteiger partial charge is 0.477 e. The summed E-state index contributed by atoms with van der Waals surface area (Å²) >= 11 is 3.16. The number of nitrogens with one attached hydrogen (secondary N) is 1. The molecule has 0 bridgehead atoms. The maximum absolute atomic E-state index is 12.7. The molecule has 0 radical (unpaired) electrons. The number of thioether (sulfide) groups is 1. The number of anilines is 1. The Balaban J connectivity index is 1.19. The van der Waals surface area contributed by atoms with Crippen molar-refractivity contribution < 1.29 is 24.6 Å². The summed E-state index contributed by atoms with van der Waals surface area (Å²) < 4.78 is 1.87. The number of amides is 2. The second-order valence-corrected chi connectivity index (χ2v) is 12.3. The number of β-lactam (4-membered cyclic amide) rings is 1. The van der Waals surface area contributed by atoms with Crippen LogP contribution in [-0.2, 0) is 9.59 Å². The standard InChI is InChI=1S/C27H26N4O5S2/c1-13(32)20-22-17-4-2-3-15(21(17)23(26(35)36)31(22)25(20)34)12-37-27-30-18-11-16(5-6-19(18)38-27)29-24(33)14-7-9-28-10-8-14/h5-11,13,15,17,20,22,32H,2-4,12H2,1H3,(H,29,33)(H,35,36)/t13-,15+,17+,20-,22-/m1/s1. The highest BCUT2D eigenvalue weighted by Crippen LogP contribution is 2.54. The number of hydrogen-bond acceptors (Lipinski definition) is 8. The zero-order valence-corrected chi connectivity index (χ0v) is 22.2. The second kappa shape index (κ2) is 9.79. The Hall–Kier alpha value is -3.28. The van der Waals surface area contributed by atoms with E-state index >= 15 is 0 Å². The van der Waals surface area contributed by atoms with Crippen LogP contribution in [0.5, 0.6) is 0 Å². The number of benzene rings is 1. The van der Waals surface area contributed by atoms with Crippen LogP contribution in [-0.4, -0.2) is 60.8 Å². The van der Waals surface area contributed by atoms with Crippen LogP contribution in [0.15, 0.2) is 58.3 Å². The number of carboxylic acids is 1. The van der Waals surface area contributed by atoms with Gasteiger partial charge in [0, 0.05) is 35.3 Å². The topological polar surface area (TPSA) is 133 Å². The highest BCUT2D eigenvalue weighted by molar-refractivity contribution is 8.01. The maximum Gasteiger partial charge on any atom is 0.352 e. The molecule has 11 heteroatoms. The average molecular weight is 551 g/mol. The lowest BCUT2D eigenvalue weighted by Gasteiger charge is -2.47. The first-order valence-corrected chi connectivity index (χ1v) is 14.4. The Kier molecular flexibility index (Phi) is 6.45. The molecule has 1 aromatic carbocycles. The monoisotopic (exact) mass is 550 g/mol. The molecule has 2 aromatic heterocycles. The first kappa shape index (κ1) is 25.0. The number of pyridine rings is 1. The summed E-state index contributed by atoms with van der Waals surface area (Å²) in [5, 5.41) is 23.1. The summed E-state index contributed by atoms with van der Waals surface area (Å²) in [5.41, 5.74) is 2.95. The minimum Gasteiger partial charge on any atom is -0.477 e. The van der Waals surface area contributed by atoms with E-state index in [0.717, 1.165) is 39.4 Å². The van der Waals surface area contributed by atoms with Gasteiger partial charge in [-0.25, -0.2) is 9.78 Å². The number of aliphatic carboxylic acids is 1. The van der Waals surface area contributed by atoms with E-state index in [1.54, 1.807) is 54.5 Å². The van der Waals surface area contributed by atoms with Crippen molar-refractivity contribution in [2.45, 2.75) is 42.7 Å². The number of fused-ring (bicyclic) bond motifs is 4. The fourth-order valence-corrected chi connectivity index (χ4v) is 8.34. The molecule has 0 spiro atoms. The van der Waals surface area contributed by atoms with Gasteiger partial charge in [-0.3, -0.25) is 14.6 Å². The van der Waals surface area contributed by atoms with Crippen LogP contribution in [0.2, 0.25) is 0 Å². The van der Waals surface area contributed by atoms with Crippen molar-refractivity contribution in [1.82, 2.24) is 14.9 Å². The number of aliphatic hydroxyl groups is 1. The third-order valence-electron chi connectivity index (χ3n) is 7.72. The lowest BCUT2D eigenvalue weighted by Crippen LogP contribution is -2.64. The maximum atomic E-state index is 12.7. The van der Waals surface area contributed by atoms with Gasteiger partial charge in [0.25, 0.3) is 5.91 Å². The molecule has 0 unspecified atom stereocenters.